The summed E-state index contributed by atoms with van der Waals surface area (Å²) < 4.78 is 0. The molecule has 114 valence electrons. The maximum Gasteiger partial charge on any atom is 0.407 e. The van der Waals surface area contributed by atoms with Crippen LogP contribution in [0.2, 0.25) is 0 Å². The molecule has 6 nitrogen and oxygen atoms in total. The average molecular weight is 291 g/mol. The van der Waals surface area contributed by atoms with Gasteiger partial charge < -0.3 is 20.6 Å². The van der Waals surface area contributed by atoms with Crippen molar-refractivity contribution in [2.45, 2.75) is 32.4 Å². The maximum atomic E-state index is 11.5. The first-order chi connectivity index (χ1) is 10.1. The molecule has 3 N–H and O–H groups in total. The number of benzene rings is 1. The summed E-state index contributed by atoms with van der Waals surface area (Å²) in [4.78, 5) is 23.9. The van der Waals surface area contributed by atoms with E-state index in [1.807, 2.05) is 12.1 Å². The third-order valence-electron chi connectivity index (χ3n) is 3.62. The molecule has 1 aliphatic rings. The third-order valence-corrected chi connectivity index (χ3v) is 3.62. The minimum atomic E-state index is -0.882. The largest absolute Gasteiger partial charge is 0.465 e. The monoisotopic (exact) mass is 291 g/mol. The van der Waals surface area contributed by atoms with Crippen LogP contribution in [-0.2, 0) is 11.3 Å². The van der Waals surface area contributed by atoms with Crippen LogP contribution in [0.4, 0.5) is 10.5 Å². The van der Waals surface area contributed by atoms with Gasteiger partial charge in [0, 0.05) is 25.2 Å². The van der Waals surface area contributed by atoms with Crippen LogP contribution < -0.4 is 10.6 Å². The van der Waals surface area contributed by atoms with E-state index in [2.05, 4.69) is 10.6 Å². The fourth-order valence-electron chi connectivity index (χ4n) is 2.56. The lowest BCUT2D eigenvalue weighted by Crippen LogP contribution is -2.45. The van der Waals surface area contributed by atoms with Gasteiger partial charge in [-0.1, -0.05) is 12.1 Å². The Balaban J connectivity index is 2.02. The van der Waals surface area contributed by atoms with Crippen molar-refractivity contribution < 1.29 is 14.7 Å². The Morgan fingerprint density at radius 3 is 2.43 bits per heavy atom. The van der Waals surface area contributed by atoms with E-state index in [1.165, 1.54) is 11.8 Å². The molecule has 0 radical (unpaired) electrons. The number of amides is 2. The van der Waals surface area contributed by atoms with E-state index in [4.69, 9.17) is 0 Å². The molecule has 0 unspecified atom stereocenters. The Morgan fingerprint density at radius 2 is 1.90 bits per heavy atom. The van der Waals surface area contributed by atoms with Crippen LogP contribution in [0.1, 0.15) is 25.3 Å². The lowest BCUT2D eigenvalue weighted by molar-refractivity contribution is -0.114. The number of hydrogen-bond acceptors (Lipinski definition) is 3. The molecule has 2 rings (SSSR count). The fourth-order valence-corrected chi connectivity index (χ4v) is 2.56. The molecule has 21 heavy (non-hydrogen) atoms. The molecular weight excluding hydrogens is 270 g/mol. The number of carbonyl (C=O) groups is 2. The molecule has 1 aliphatic heterocycles. The smallest absolute Gasteiger partial charge is 0.407 e. The summed E-state index contributed by atoms with van der Waals surface area (Å²) in [7, 11) is 0. The molecule has 6 heteroatoms. The second-order valence-electron chi connectivity index (χ2n) is 5.27. The Bertz CT molecular complexity index is 495. The van der Waals surface area contributed by atoms with Crippen LogP contribution in [0, 0.1) is 0 Å². The highest BCUT2D eigenvalue weighted by Gasteiger charge is 2.24. The number of nitrogens with one attached hydrogen (secondary N) is 2. The first-order valence-corrected chi connectivity index (χ1v) is 7.13. The second-order valence-corrected chi connectivity index (χ2v) is 5.27. The van der Waals surface area contributed by atoms with Crippen LogP contribution in [0.5, 0.6) is 0 Å². The SMILES string of the molecule is CC(=O)Nc1ccc(CN(C(=O)O)C2CCNCC2)cc1. The molecule has 0 aliphatic carbocycles. The number of carboxylic acid groups (broad SMARTS) is 1. The van der Waals surface area contributed by atoms with Gasteiger partial charge in [0.2, 0.25) is 5.91 Å². The molecule has 0 spiro atoms. The van der Waals surface area contributed by atoms with Crippen molar-refractivity contribution in [2.24, 2.45) is 0 Å². The summed E-state index contributed by atoms with van der Waals surface area (Å²) in [5.41, 5.74) is 1.64. The van der Waals surface area contributed by atoms with E-state index in [9.17, 15) is 14.7 Å². The Morgan fingerprint density at radius 1 is 1.29 bits per heavy atom. The molecule has 1 saturated heterocycles. The predicted molar refractivity (Wildman–Crippen MR) is 80.2 cm³/mol. The van der Waals surface area contributed by atoms with Gasteiger partial charge >= 0.3 is 6.09 Å². The van der Waals surface area contributed by atoms with Crippen LogP contribution in [0.3, 0.4) is 0 Å². The van der Waals surface area contributed by atoms with E-state index in [0.717, 1.165) is 37.2 Å². The molecule has 0 saturated carbocycles. The zero-order valence-corrected chi connectivity index (χ0v) is 12.1. The topological polar surface area (TPSA) is 81.7 Å². The third kappa shape index (κ3) is 4.46. The predicted octanol–water partition coefficient (Wildman–Crippen LogP) is 1.88. The lowest BCUT2D eigenvalue weighted by Gasteiger charge is -2.32. The van der Waals surface area contributed by atoms with Crippen molar-refractivity contribution in [2.75, 3.05) is 18.4 Å². The van der Waals surface area contributed by atoms with Crippen molar-refractivity contribution in [3.63, 3.8) is 0 Å². The van der Waals surface area contributed by atoms with Gasteiger partial charge in [-0.2, -0.15) is 0 Å². The number of rotatable bonds is 4. The summed E-state index contributed by atoms with van der Waals surface area (Å²) in [6.45, 7) is 3.55. The van der Waals surface area contributed by atoms with E-state index in [0.29, 0.717) is 6.54 Å². The highest BCUT2D eigenvalue weighted by atomic mass is 16.4. The first-order valence-electron chi connectivity index (χ1n) is 7.13. The number of nitrogens with zero attached hydrogens (tertiary/aromatic N) is 1. The van der Waals surface area contributed by atoms with Gasteiger partial charge in [0.1, 0.15) is 0 Å². The summed E-state index contributed by atoms with van der Waals surface area (Å²) in [5, 5.41) is 15.3. The molecule has 2 amide bonds. The normalized spacial score (nSPS) is 15.5. The number of hydrogen-bond donors (Lipinski definition) is 3. The zero-order chi connectivity index (χ0) is 15.2. The Hall–Kier alpha value is -2.08. The molecule has 1 aromatic carbocycles. The van der Waals surface area contributed by atoms with Crippen molar-refractivity contribution in [1.82, 2.24) is 10.2 Å². The van der Waals surface area contributed by atoms with Crippen molar-refractivity contribution in [1.29, 1.82) is 0 Å². The maximum absolute atomic E-state index is 11.5. The van der Waals surface area contributed by atoms with E-state index >= 15 is 0 Å². The Kier molecular flexibility index (Phi) is 5.16. The van der Waals surface area contributed by atoms with E-state index in [-0.39, 0.29) is 11.9 Å². The molecule has 0 bridgehead atoms. The van der Waals surface area contributed by atoms with Gasteiger partial charge in [-0.3, -0.25) is 4.79 Å². The zero-order valence-electron chi connectivity index (χ0n) is 12.1. The number of anilines is 1. The molecule has 1 fully saturated rings. The number of carbonyl (C=O) groups excluding carboxylic acids is 1. The van der Waals surface area contributed by atoms with Crippen molar-refractivity contribution in [3.05, 3.63) is 29.8 Å². The van der Waals surface area contributed by atoms with Crippen molar-refractivity contribution >= 4 is 17.7 Å². The van der Waals surface area contributed by atoms with Crippen LogP contribution >= 0.6 is 0 Å². The van der Waals surface area contributed by atoms with Gasteiger partial charge in [0.25, 0.3) is 0 Å². The average Bonchev–Trinajstić information content (AvgIpc) is 2.46. The summed E-state index contributed by atoms with van der Waals surface area (Å²) in [6, 6.07) is 7.35. The lowest BCUT2D eigenvalue weighted by atomic mass is 10.0. The molecule has 0 atom stereocenters. The summed E-state index contributed by atoms with van der Waals surface area (Å²) >= 11 is 0. The van der Waals surface area contributed by atoms with Gasteiger partial charge in [-0.25, -0.2) is 4.79 Å². The molecule has 1 heterocycles. The van der Waals surface area contributed by atoms with Crippen molar-refractivity contribution in [3.8, 4) is 0 Å². The van der Waals surface area contributed by atoms with Gasteiger partial charge in [0.05, 0.1) is 0 Å². The van der Waals surface area contributed by atoms with E-state index < -0.39 is 6.09 Å². The van der Waals surface area contributed by atoms with Gasteiger partial charge in [-0.05, 0) is 43.6 Å². The molecule has 1 aromatic rings. The highest BCUT2D eigenvalue weighted by Crippen LogP contribution is 2.17. The fraction of sp³-hybridized carbons (Fsp3) is 0.467. The summed E-state index contributed by atoms with van der Waals surface area (Å²) in [5.74, 6) is -0.121. The van der Waals surface area contributed by atoms with Gasteiger partial charge in [-0.15, -0.1) is 0 Å². The minimum absolute atomic E-state index is 0.0683. The standard InChI is InChI=1S/C15H21N3O3/c1-11(19)17-13-4-2-12(3-5-13)10-18(15(20)21)14-6-8-16-9-7-14/h2-5,14,16H,6-10H2,1H3,(H,17,19)(H,20,21). The second kappa shape index (κ2) is 7.08. The quantitative estimate of drug-likeness (QED) is 0.791. The Labute approximate surface area is 124 Å². The van der Waals surface area contributed by atoms with Gasteiger partial charge in [0.15, 0.2) is 0 Å². The number of piperidine rings is 1. The highest BCUT2D eigenvalue weighted by molar-refractivity contribution is 5.88. The van der Waals surface area contributed by atoms with Crippen LogP contribution in [0.25, 0.3) is 0 Å². The van der Waals surface area contributed by atoms with E-state index in [1.54, 1.807) is 12.1 Å². The summed E-state index contributed by atoms with van der Waals surface area (Å²) in [6.07, 6.45) is 0.805. The molecular formula is C15H21N3O3. The van der Waals surface area contributed by atoms with Crippen LogP contribution in [0.15, 0.2) is 24.3 Å². The first kappa shape index (κ1) is 15.3. The molecule has 0 aromatic heterocycles. The van der Waals surface area contributed by atoms with Crippen LogP contribution in [-0.4, -0.2) is 41.1 Å². The minimum Gasteiger partial charge on any atom is -0.465 e.